The third kappa shape index (κ3) is 7.09. The zero-order chi connectivity index (χ0) is 32.6. The molecular formula is C36H47Cl2N3O4S. The van der Waals surface area contributed by atoms with Crippen molar-refractivity contribution < 1.29 is 18.0 Å². The van der Waals surface area contributed by atoms with E-state index >= 15 is 0 Å². The quantitative estimate of drug-likeness (QED) is 0.265. The molecule has 0 spiro atoms. The molecule has 5 fully saturated rings. The molecule has 0 radical (unpaired) electrons. The lowest BCUT2D eigenvalue weighted by atomic mass is 9.48. The van der Waals surface area contributed by atoms with E-state index < -0.39 is 28.5 Å². The third-order valence-electron chi connectivity index (χ3n) is 11.2. The van der Waals surface area contributed by atoms with E-state index in [-0.39, 0.29) is 23.9 Å². The van der Waals surface area contributed by atoms with Crippen LogP contribution in [0.15, 0.2) is 42.5 Å². The Hall–Kier alpha value is -2.29. The summed E-state index contributed by atoms with van der Waals surface area (Å²) in [6.45, 7) is 1.40. The van der Waals surface area contributed by atoms with Crippen LogP contribution < -0.4 is 9.62 Å². The molecule has 7 rings (SSSR count). The number of sulfonamides is 1. The molecule has 1 N–H and O–H groups in total. The second-order valence-corrected chi connectivity index (χ2v) is 17.2. The first kappa shape index (κ1) is 33.6. The van der Waals surface area contributed by atoms with Crippen molar-refractivity contribution >= 4 is 50.7 Å². The van der Waals surface area contributed by atoms with E-state index in [9.17, 15) is 18.0 Å². The van der Waals surface area contributed by atoms with E-state index in [0.717, 1.165) is 60.4 Å². The molecule has 250 valence electrons. The summed E-state index contributed by atoms with van der Waals surface area (Å²) >= 11 is 13.1. The minimum atomic E-state index is -3.84. The number of hydrogen-bond donors (Lipinski definition) is 1. The van der Waals surface area contributed by atoms with Crippen LogP contribution in [0.25, 0.3) is 0 Å². The highest BCUT2D eigenvalue weighted by molar-refractivity contribution is 7.92. The number of benzene rings is 2. The number of nitrogens with one attached hydrogen (secondary N) is 1. The lowest BCUT2D eigenvalue weighted by molar-refractivity contribution is -0.140. The molecule has 10 heteroatoms. The molecule has 2 aromatic rings. The van der Waals surface area contributed by atoms with Gasteiger partial charge >= 0.3 is 0 Å². The molecule has 0 heterocycles. The number of anilines is 1. The average molecular weight is 689 g/mol. The molecule has 5 saturated carbocycles. The SMILES string of the molecule is CC[C@H](C(=O)NC1CCCCC1)N(Cc1c(Cl)cccc1Cl)C(=O)CN(c1ccc(C23CC4CC(CC(C4)C2)C3)cc1)S(C)(=O)=O. The van der Waals surface area contributed by atoms with Crippen LogP contribution in [0.4, 0.5) is 5.69 Å². The van der Waals surface area contributed by atoms with Gasteiger partial charge in [0.15, 0.2) is 0 Å². The van der Waals surface area contributed by atoms with Gasteiger partial charge in [-0.3, -0.25) is 13.9 Å². The molecule has 0 aliphatic heterocycles. The van der Waals surface area contributed by atoms with Gasteiger partial charge in [0.2, 0.25) is 21.8 Å². The van der Waals surface area contributed by atoms with Crippen molar-refractivity contribution in [2.24, 2.45) is 17.8 Å². The van der Waals surface area contributed by atoms with E-state index in [1.807, 2.05) is 19.1 Å². The minimum absolute atomic E-state index is 0.0174. The summed E-state index contributed by atoms with van der Waals surface area (Å²) in [6, 6.07) is 12.2. The highest BCUT2D eigenvalue weighted by atomic mass is 35.5. The maximum absolute atomic E-state index is 14.2. The fraction of sp³-hybridized carbons (Fsp3) is 0.611. The van der Waals surface area contributed by atoms with Crippen LogP contribution in [-0.2, 0) is 31.6 Å². The van der Waals surface area contributed by atoms with E-state index in [4.69, 9.17) is 23.2 Å². The molecule has 4 bridgehead atoms. The number of rotatable bonds is 11. The molecule has 2 amide bonds. The van der Waals surface area contributed by atoms with Gasteiger partial charge in [-0.2, -0.15) is 0 Å². The lowest BCUT2D eigenvalue weighted by Gasteiger charge is -2.57. The monoisotopic (exact) mass is 687 g/mol. The van der Waals surface area contributed by atoms with Crippen LogP contribution >= 0.6 is 23.2 Å². The predicted molar refractivity (Wildman–Crippen MR) is 185 cm³/mol. The van der Waals surface area contributed by atoms with E-state index in [2.05, 4.69) is 17.4 Å². The molecule has 5 aliphatic carbocycles. The van der Waals surface area contributed by atoms with Crippen molar-refractivity contribution in [2.75, 3.05) is 17.1 Å². The number of carbonyl (C=O) groups excluding carboxylic acids is 2. The smallest absolute Gasteiger partial charge is 0.244 e. The van der Waals surface area contributed by atoms with Crippen LogP contribution in [0.2, 0.25) is 10.0 Å². The van der Waals surface area contributed by atoms with Gasteiger partial charge in [-0.25, -0.2) is 8.42 Å². The molecular weight excluding hydrogens is 641 g/mol. The summed E-state index contributed by atoms with van der Waals surface area (Å²) in [7, 11) is -3.84. The highest BCUT2D eigenvalue weighted by Gasteiger charge is 2.51. The molecule has 5 aliphatic rings. The number of hydrogen-bond acceptors (Lipinski definition) is 4. The van der Waals surface area contributed by atoms with Crippen LogP contribution in [0.3, 0.4) is 0 Å². The fourth-order valence-electron chi connectivity index (χ4n) is 9.38. The first-order chi connectivity index (χ1) is 22.0. The summed E-state index contributed by atoms with van der Waals surface area (Å²) < 4.78 is 27.6. The number of amides is 2. The zero-order valence-corrected chi connectivity index (χ0v) is 29.3. The van der Waals surface area contributed by atoms with Crippen molar-refractivity contribution in [3.05, 3.63) is 63.6 Å². The Morgan fingerprint density at radius 3 is 2.00 bits per heavy atom. The van der Waals surface area contributed by atoms with Gasteiger partial charge in [0.05, 0.1) is 11.9 Å². The first-order valence-electron chi connectivity index (χ1n) is 17.1. The number of nitrogens with zero attached hydrogens (tertiary/aromatic N) is 2. The van der Waals surface area contributed by atoms with Crippen LogP contribution in [-0.4, -0.2) is 50.0 Å². The van der Waals surface area contributed by atoms with E-state index in [0.29, 0.717) is 27.7 Å². The maximum atomic E-state index is 14.2. The van der Waals surface area contributed by atoms with Crippen molar-refractivity contribution in [1.29, 1.82) is 0 Å². The first-order valence-corrected chi connectivity index (χ1v) is 19.7. The lowest BCUT2D eigenvalue weighted by Crippen LogP contribution is -2.54. The summed E-state index contributed by atoms with van der Waals surface area (Å²) in [5, 5.41) is 3.93. The zero-order valence-electron chi connectivity index (χ0n) is 27.0. The largest absolute Gasteiger partial charge is 0.352 e. The fourth-order valence-corrected chi connectivity index (χ4v) is 10.7. The van der Waals surface area contributed by atoms with Crippen LogP contribution in [0.5, 0.6) is 0 Å². The van der Waals surface area contributed by atoms with E-state index in [1.54, 1.807) is 18.2 Å². The second kappa shape index (κ2) is 13.7. The number of halogens is 2. The van der Waals surface area contributed by atoms with Crippen molar-refractivity contribution in [3.8, 4) is 0 Å². The summed E-state index contributed by atoms with van der Waals surface area (Å²) in [6.07, 6.45) is 14.3. The normalized spacial score (nSPS) is 26.5. The Balaban J connectivity index is 1.26. The Labute approximate surface area is 284 Å². The minimum Gasteiger partial charge on any atom is -0.352 e. The molecule has 2 aromatic carbocycles. The van der Waals surface area contributed by atoms with Gasteiger partial charge in [0, 0.05) is 28.2 Å². The third-order valence-corrected chi connectivity index (χ3v) is 13.1. The van der Waals surface area contributed by atoms with Gasteiger partial charge in [0.1, 0.15) is 12.6 Å². The topological polar surface area (TPSA) is 86.8 Å². The Kier molecular flexibility index (Phi) is 9.99. The van der Waals surface area contributed by atoms with E-state index in [1.165, 1.54) is 49.0 Å². The standard InChI is InChI=1S/C36H47Cl2N3O4S/c1-3-33(35(43)39-28-8-5-4-6-9-28)40(22-30-31(37)10-7-11-32(30)38)34(42)23-41(46(2,44)45)29-14-12-27(13-15-29)36-19-24-16-25(20-36)18-26(17-24)21-36/h7,10-15,24-26,28,33H,3-6,8-9,16-23H2,1-2H3,(H,39,43)/t24?,25?,26?,33-,36?/m1/s1. The average Bonchev–Trinajstić information content (AvgIpc) is 3.00. The van der Waals surface area contributed by atoms with Crippen molar-refractivity contribution in [3.63, 3.8) is 0 Å². The van der Waals surface area contributed by atoms with Gasteiger partial charge in [-0.05, 0) is 111 Å². The van der Waals surface area contributed by atoms with Gasteiger partial charge in [-0.1, -0.05) is 67.6 Å². The van der Waals surface area contributed by atoms with Crippen molar-refractivity contribution in [1.82, 2.24) is 10.2 Å². The molecule has 0 unspecified atom stereocenters. The summed E-state index contributed by atoms with van der Waals surface area (Å²) in [5.74, 6) is 1.68. The molecule has 46 heavy (non-hydrogen) atoms. The highest BCUT2D eigenvalue weighted by Crippen LogP contribution is 2.60. The number of carbonyl (C=O) groups is 2. The van der Waals surface area contributed by atoms with Crippen LogP contribution in [0, 0.1) is 17.8 Å². The van der Waals surface area contributed by atoms with Gasteiger partial charge in [-0.15, -0.1) is 0 Å². The molecule has 0 saturated heterocycles. The van der Waals surface area contributed by atoms with Gasteiger partial charge in [0.25, 0.3) is 0 Å². The van der Waals surface area contributed by atoms with Crippen molar-refractivity contribution in [2.45, 2.75) is 108 Å². The second-order valence-electron chi connectivity index (χ2n) is 14.5. The molecule has 0 aromatic heterocycles. The Morgan fingerprint density at radius 1 is 0.913 bits per heavy atom. The maximum Gasteiger partial charge on any atom is 0.244 e. The Morgan fingerprint density at radius 2 is 1.48 bits per heavy atom. The summed E-state index contributed by atoms with van der Waals surface area (Å²) in [5.41, 5.74) is 2.44. The molecule has 7 nitrogen and oxygen atoms in total. The summed E-state index contributed by atoms with van der Waals surface area (Å²) in [4.78, 5) is 29.4. The Bertz CT molecular complexity index is 1490. The van der Waals surface area contributed by atoms with Crippen LogP contribution in [0.1, 0.15) is 95.1 Å². The van der Waals surface area contributed by atoms with Gasteiger partial charge < -0.3 is 10.2 Å². The predicted octanol–water partition coefficient (Wildman–Crippen LogP) is 7.48. The molecule has 1 atom stereocenters.